The van der Waals surface area contributed by atoms with E-state index < -0.39 is 11.6 Å². The molecular formula is C23H24F2N6O. The monoisotopic (exact) mass is 438 g/mol. The van der Waals surface area contributed by atoms with E-state index in [1.54, 1.807) is 23.1 Å². The van der Waals surface area contributed by atoms with Crippen molar-refractivity contribution in [3.05, 3.63) is 54.0 Å². The molecule has 7 nitrogen and oxygen atoms in total. The minimum atomic E-state index is -0.652. The van der Waals surface area contributed by atoms with Crippen molar-refractivity contribution in [1.29, 1.82) is 0 Å². The Morgan fingerprint density at radius 2 is 2.16 bits per heavy atom. The third kappa shape index (κ3) is 3.89. The first-order valence-electron chi connectivity index (χ1n) is 10.7. The van der Waals surface area contributed by atoms with E-state index in [0.29, 0.717) is 36.2 Å². The van der Waals surface area contributed by atoms with Gasteiger partial charge in [0, 0.05) is 36.8 Å². The number of aromatic amines is 1. The number of H-pyrrole nitrogens is 1. The molecule has 166 valence electrons. The van der Waals surface area contributed by atoms with Gasteiger partial charge in [0.15, 0.2) is 0 Å². The van der Waals surface area contributed by atoms with Crippen molar-refractivity contribution >= 4 is 10.9 Å². The lowest BCUT2D eigenvalue weighted by Crippen LogP contribution is -2.34. The van der Waals surface area contributed by atoms with Crippen molar-refractivity contribution in [3.8, 4) is 22.5 Å². The number of nitrogens with zero attached hydrogens (tertiary/aromatic N) is 4. The molecule has 3 aromatic heterocycles. The third-order valence-electron chi connectivity index (χ3n) is 6.00. The van der Waals surface area contributed by atoms with Crippen molar-refractivity contribution in [3.63, 3.8) is 0 Å². The minimum Gasteiger partial charge on any atom is -0.378 e. The number of halogens is 2. The van der Waals surface area contributed by atoms with Crippen LogP contribution in [0, 0.1) is 11.6 Å². The highest BCUT2D eigenvalue weighted by molar-refractivity contribution is 5.94. The molecule has 4 aromatic rings. The van der Waals surface area contributed by atoms with E-state index in [1.165, 1.54) is 12.1 Å². The Hall–Kier alpha value is -3.17. The zero-order chi connectivity index (χ0) is 22.2. The molecule has 9 heteroatoms. The highest BCUT2D eigenvalue weighted by Gasteiger charge is 2.22. The van der Waals surface area contributed by atoms with Crippen LogP contribution >= 0.6 is 0 Å². The number of aromatic nitrogens is 5. The van der Waals surface area contributed by atoms with E-state index in [4.69, 9.17) is 10.5 Å². The highest BCUT2D eigenvalue weighted by Crippen LogP contribution is 2.32. The summed E-state index contributed by atoms with van der Waals surface area (Å²) in [5.74, 6) is -1.25. The summed E-state index contributed by atoms with van der Waals surface area (Å²) in [5, 5.41) is 12.1. The van der Waals surface area contributed by atoms with Gasteiger partial charge in [0.2, 0.25) is 0 Å². The first-order chi connectivity index (χ1) is 15.5. The van der Waals surface area contributed by atoms with Crippen molar-refractivity contribution in [1.82, 2.24) is 25.0 Å². The summed E-state index contributed by atoms with van der Waals surface area (Å²) < 4.78 is 37.6. The van der Waals surface area contributed by atoms with Crippen molar-refractivity contribution in [2.75, 3.05) is 6.61 Å². The largest absolute Gasteiger partial charge is 0.378 e. The lowest BCUT2D eigenvalue weighted by atomic mass is 9.96. The van der Waals surface area contributed by atoms with E-state index in [0.717, 1.165) is 23.8 Å². The predicted octanol–water partition coefficient (Wildman–Crippen LogP) is 3.74. The summed E-state index contributed by atoms with van der Waals surface area (Å²) in [6, 6.07) is 4.57. The SMILES string of the molecule is Cn1cc(-c2n[nH]c3cnc(-c4c(F)ccc(CCC5CC(N)CCO5)c4F)cc23)cn1. The number of ether oxygens (including phenoxy) is 1. The number of benzene rings is 1. The molecule has 5 rings (SSSR count). The number of hydrogen-bond donors (Lipinski definition) is 2. The second-order valence-electron chi connectivity index (χ2n) is 8.30. The van der Waals surface area contributed by atoms with Gasteiger partial charge in [-0.05, 0) is 43.4 Å². The van der Waals surface area contributed by atoms with Crippen LogP contribution in [0.25, 0.3) is 33.4 Å². The molecule has 0 radical (unpaired) electrons. The Morgan fingerprint density at radius 1 is 1.28 bits per heavy atom. The minimum absolute atomic E-state index is 0.00546. The number of rotatable bonds is 5. The van der Waals surface area contributed by atoms with Gasteiger partial charge in [-0.2, -0.15) is 10.2 Å². The molecule has 4 heterocycles. The Balaban J connectivity index is 1.48. The van der Waals surface area contributed by atoms with Crippen molar-refractivity contribution < 1.29 is 13.5 Å². The number of fused-ring (bicyclic) bond motifs is 1. The highest BCUT2D eigenvalue weighted by atomic mass is 19.1. The molecule has 2 atom stereocenters. The molecular weight excluding hydrogens is 414 g/mol. The maximum Gasteiger partial charge on any atom is 0.138 e. The second kappa shape index (κ2) is 8.40. The van der Waals surface area contributed by atoms with Crippen LogP contribution in [0.15, 0.2) is 36.8 Å². The van der Waals surface area contributed by atoms with Crippen LogP contribution in [0.4, 0.5) is 8.78 Å². The normalized spacial score (nSPS) is 19.0. The first-order valence-corrected chi connectivity index (χ1v) is 10.7. The topological polar surface area (TPSA) is 94.6 Å². The molecule has 2 unspecified atom stereocenters. The molecule has 1 fully saturated rings. The van der Waals surface area contributed by atoms with Crippen LogP contribution in [-0.2, 0) is 18.2 Å². The van der Waals surface area contributed by atoms with Gasteiger partial charge in [0.1, 0.15) is 17.3 Å². The van der Waals surface area contributed by atoms with Gasteiger partial charge in [-0.3, -0.25) is 14.8 Å². The third-order valence-corrected chi connectivity index (χ3v) is 6.00. The quantitative estimate of drug-likeness (QED) is 0.495. The van der Waals surface area contributed by atoms with Crippen LogP contribution in [0.5, 0.6) is 0 Å². The molecule has 32 heavy (non-hydrogen) atoms. The van der Waals surface area contributed by atoms with E-state index in [-0.39, 0.29) is 23.4 Å². The van der Waals surface area contributed by atoms with Gasteiger partial charge >= 0.3 is 0 Å². The summed E-state index contributed by atoms with van der Waals surface area (Å²) in [6.07, 6.45) is 7.73. The van der Waals surface area contributed by atoms with Crippen LogP contribution in [0.3, 0.4) is 0 Å². The number of pyridine rings is 1. The Morgan fingerprint density at radius 3 is 2.94 bits per heavy atom. The maximum atomic E-state index is 15.4. The Labute approximate surface area is 183 Å². The summed E-state index contributed by atoms with van der Waals surface area (Å²) in [7, 11) is 1.81. The van der Waals surface area contributed by atoms with Crippen LogP contribution in [-0.4, -0.2) is 43.7 Å². The fourth-order valence-electron chi connectivity index (χ4n) is 4.27. The standard InChI is InChI=1S/C23H24F2N6O/c1-31-12-14(10-28-31)23-17-9-19(27-11-20(17)29-30-23)21-18(24)5-3-13(22(21)25)2-4-16-8-15(26)6-7-32-16/h3,5,9-12,15-16H,2,4,6-8,26H2,1H3,(H,29,30). The predicted molar refractivity (Wildman–Crippen MR) is 117 cm³/mol. The first kappa shape index (κ1) is 20.7. The summed E-state index contributed by atoms with van der Waals surface area (Å²) >= 11 is 0. The average Bonchev–Trinajstić information content (AvgIpc) is 3.39. The van der Waals surface area contributed by atoms with E-state index in [1.807, 2.05) is 13.2 Å². The van der Waals surface area contributed by atoms with Crippen LogP contribution in [0.2, 0.25) is 0 Å². The van der Waals surface area contributed by atoms with Gasteiger partial charge in [-0.15, -0.1) is 0 Å². The van der Waals surface area contributed by atoms with Gasteiger partial charge in [0.05, 0.1) is 35.3 Å². The fourth-order valence-corrected chi connectivity index (χ4v) is 4.27. The van der Waals surface area contributed by atoms with Crippen molar-refractivity contribution in [2.24, 2.45) is 12.8 Å². The van der Waals surface area contributed by atoms with E-state index in [9.17, 15) is 4.39 Å². The molecule has 0 bridgehead atoms. The van der Waals surface area contributed by atoms with Crippen LogP contribution < -0.4 is 5.73 Å². The Kier molecular flexibility index (Phi) is 5.44. The molecule has 1 aromatic carbocycles. The number of aryl methyl sites for hydroxylation is 2. The molecule has 1 saturated heterocycles. The fraction of sp³-hybridized carbons (Fsp3) is 0.348. The number of nitrogens with one attached hydrogen (secondary N) is 1. The number of hydrogen-bond acceptors (Lipinski definition) is 5. The second-order valence-corrected chi connectivity index (χ2v) is 8.30. The van der Waals surface area contributed by atoms with E-state index >= 15 is 4.39 Å². The summed E-state index contributed by atoms with van der Waals surface area (Å²) in [5.41, 5.74) is 8.66. The van der Waals surface area contributed by atoms with Gasteiger partial charge in [0.25, 0.3) is 0 Å². The van der Waals surface area contributed by atoms with Gasteiger partial charge in [-0.1, -0.05) is 6.07 Å². The van der Waals surface area contributed by atoms with E-state index in [2.05, 4.69) is 20.3 Å². The molecule has 3 N–H and O–H groups in total. The molecule has 0 spiro atoms. The molecule has 1 aliphatic rings. The summed E-state index contributed by atoms with van der Waals surface area (Å²) in [4.78, 5) is 4.30. The van der Waals surface area contributed by atoms with Crippen LogP contribution in [0.1, 0.15) is 24.8 Å². The molecule has 0 saturated carbocycles. The summed E-state index contributed by atoms with van der Waals surface area (Å²) in [6.45, 7) is 0.622. The molecule has 0 aliphatic carbocycles. The lowest BCUT2D eigenvalue weighted by molar-refractivity contribution is 0.00347. The maximum absolute atomic E-state index is 15.4. The van der Waals surface area contributed by atoms with Gasteiger partial charge in [-0.25, -0.2) is 8.78 Å². The average molecular weight is 438 g/mol. The Bertz CT molecular complexity index is 1270. The smallest absolute Gasteiger partial charge is 0.138 e. The van der Waals surface area contributed by atoms with Crippen molar-refractivity contribution in [2.45, 2.75) is 37.8 Å². The zero-order valence-corrected chi connectivity index (χ0v) is 17.7. The lowest BCUT2D eigenvalue weighted by Gasteiger charge is -2.27. The zero-order valence-electron chi connectivity index (χ0n) is 17.7. The van der Waals surface area contributed by atoms with Gasteiger partial charge < -0.3 is 10.5 Å². The molecule has 0 amide bonds. The molecule has 1 aliphatic heterocycles. The number of nitrogens with two attached hydrogens (primary N) is 1.